The van der Waals surface area contributed by atoms with Gasteiger partial charge in [0.05, 0.1) is 11.7 Å². The number of carbonyl (C=O) groups excluding carboxylic acids is 1. The van der Waals surface area contributed by atoms with Crippen molar-refractivity contribution in [2.45, 2.75) is 46.2 Å². The predicted molar refractivity (Wildman–Crippen MR) is 67.6 cm³/mol. The van der Waals surface area contributed by atoms with Crippen LogP contribution >= 0.6 is 0 Å². The molecule has 1 amide bonds. The van der Waals surface area contributed by atoms with Gasteiger partial charge in [-0.25, -0.2) is 0 Å². The molecule has 1 atom stereocenters. The van der Waals surface area contributed by atoms with Gasteiger partial charge < -0.3 is 11.1 Å². The van der Waals surface area contributed by atoms with E-state index in [4.69, 9.17) is 5.73 Å². The summed E-state index contributed by atoms with van der Waals surface area (Å²) in [7, 11) is 0. The fourth-order valence-corrected chi connectivity index (χ4v) is 1.82. The second-order valence-corrected chi connectivity index (χ2v) is 4.35. The van der Waals surface area contributed by atoms with Crippen molar-refractivity contribution in [1.82, 2.24) is 15.1 Å². The molecule has 0 fully saturated rings. The Morgan fingerprint density at radius 1 is 1.59 bits per heavy atom. The SMILES string of the molecule is CCCNC(CCn1nc(C)cc1C)C(N)=O. The Morgan fingerprint density at radius 2 is 2.29 bits per heavy atom. The van der Waals surface area contributed by atoms with Gasteiger partial charge in [-0.3, -0.25) is 9.48 Å². The molecule has 1 heterocycles. The molecule has 0 aliphatic heterocycles. The highest BCUT2D eigenvalue weighted by Gasteiger charge is 2.14. The van der Waals surface area contributed by atoms with Crippen LogP contribution in [0.2, 0.25) is 0 Å². The molecule has 1 aromatic rings. The zero-order valence-electron chi connectivity index (χ0n) is 10.9. The normalized spacial score (nSPS) is 12.6. The molecule has 0 aromatic carbocycles. The first-order valence-corrected chi connectivity index (χ1v) is 6.08. The van der Waals surface area contributed by atoms with E-state index >= 15 is 0 Å². The van der Waals surface area contributed by atoms with Crippen LogP contribution in [0.4, 0.5) is 0 Å². The van der Waals surface area contributed by atoms with E-state index in [0.29, 0.717) is 13.0 Å². The molecule has 0 saturated carbocycles. The Balaban J connectivity index is 2.51. The van der Waals surface area contributed by atoms with Gasteiger partial charge in [-0.05, 0) is 39.3 Å². The molecule has 0 aliphatic carbocycles. The lowest BCUT2D eigenvalue weighted by Gasteiger charge is -2.15. The van der Waals surface area contributed by atoms with E-state index in [1.54, 1.807) is 0 Å². The maximum atomic E-state index is 11.2. The van der Waals surface area contributed by atoms with Crippen molar-refractivity contribution in [1.29, 1.82) is 0 Å². The van der Waals surface area contributed by atoms with Crippen molar-refractivity contribution in [3.05, 3.63) is 17.5 Å². The first-order chi connectivity index (χ1) is 8.04. The molecular formula is C12H22N4O. The van der Waals surface area contributed by atoms with Gasteiger partial charge in [-0.2, -0.15) is 5.10 Å². The summed E-state index contributed by atoms with van der Waals surface area (Å²) in [5.41, 5.74) is 7.47. The molecule has 0 saturated heterocycles. The van der Waals surface area contributed by atoms with Gasteiger partial charge in [0.2, 0.25) is 5.91 Å². The van der Waals surface area contributed by atoms with Crippen LogP contribution in [0.3, 0.4) is 0 Å². The van der Waals surface area contributed by atoms with E-state index in [1.807, 2.05) is 24.6 Å². The quantitative estimate of drug-likeness (QED) is 0.736. The van der Waals surface area contributed by atoms with E-state index in [2.05, 4.69) is 17.3 Å². The van der Waals surface area contributed by atoms with E-state index in [-0.39, 0.29) is 11.9 Å². The number of nitrogens with two attached hydrogens (primary N) is 1. The lowest BCUT2D eigenvalue weighted by molar-refractivity contribution is -0.120. The first-order valence-electron chi connectivity index (χ1n) is 6.08. The van der Waals surface area contributed by atoms with Crippen LogP contribution in [0, 0.1) is 13.8 Å². The van der Waals surface area contributed by atoms with E-state index < -0.39 is 0 Å². The first kappa shape index (κ1) is 13.7. The fraction of sp³-hybridized carbons (Fsp3) is 0.667. The molecule has 5 nitrogen and oxygen atoms in total. The summed E-state index contributed by atoms with van der Waals surface area (Å²) in [4.78, 5) is 11.2. The van der Waals surface area contributed by atoms with Crippen LogP contribution in [0.15, 0.2) is 6.07 Å². The number of amides is 1. The lowest BCUT2D eigenvalue weighted by Crippen LogP contribution is -2.42. The van der Waals surface area contributed by atoms with Gasteiger partial charge in [0.25, 0.3) is 0 Å². The molecule has 96 valence electrons. The minimum atomic E-state index is -0.292. The average Bonchev–Trinajstić information content (AvgIpc) is 2.57. The number of carbonyl (C=O) groups is 1. The largest absolute Gasteiger partial charge is 0.368 e. The predicted octanol–water partition coefficient (Wildman–Crippen LogP) is 0.744. The molecule has 5 heteroatoms. The molecule has 0 spiro atoms. The smallest absolute Gasteiger partial charge is 0.234 e. The van der Waals surface area contributed by atoms with Gasteiger partial charge in [-0.15, -0.1) is 0 Å². The van der Waals surface area contributed by atoms with Crippen molar-refractivity contribution < 1.29 is 4.79 Å². The van der Waals surface area contributed by atoms with Crippen LogP contribution < -0.4 is 11.1 Å². The van der Waals surface area contributed by atoms with Crippen LogP contribution in [0.25, 0.3) is 0 Å². The molecule has 0 aliphatic rings. The van der Waals surface area contributed by atoms with Crippen molar-refractivity contribution in [2.24, 2.45) is 5.73 Å². The van der Waals surface area contributed by atoms with Crippen molar-refractivity contribution in [3.63, 3.8) is 0 Å². The van der Waals surface area contributed by atoms with E-state index in [0.717, 1.165) is 24.4 Å². The number of hydrogen-bond acceptors (Lipinski definition) is 3. The third-order valence-electron chi connectivity index (χ3n) is 2.72. The van der Waals surface area contributed by atoms with E-state index in [9.17, 15) is 4.79 Å². The summed E-state index contributed by atoms with van der Waals surface area (Å²) in [6, 6.07) is 1.76. The zero-order chi connectivity index (χ0) is 12.8. The molecular weight excluding hydrogens is 216 g/mol. The summed E-state index contributed by atoms with van der Waals surface area (Å²) in [5.74, 6) is -0.292. The van der Waals surface area contributed by atoms with Gasteiger partial charge in [0.15, 0.2) is 0 Å². The highest BCUT2D eigenvalue weighted by atomic mass is 16.1. The zero-order valence-corrected chi connectivity index (χ0v) is 10.9. The van der Waals surface area contributed by atoms with Crippen LogP contribution in [-0.2, 0) is 11.3 Å². The molecule has 3 N–H and O–H groups in total. The van der Waals surface area contributed by atoms with Crippen molar-refractivity contribution in [3.8, 4) is 0 Å². The minimum Gasteiger partial charge on any atom is -0.368 e. The Kier molecular flexibility index (Phi) is 5.15. The average molecular weight is 238 g/mol. The summed E-state index contributed by atoms with van der Waals surface area (Å²) >= 11 is 0. The minimum absolute atomic E-state index is 0.265. The number of nitrogens with one attached hydrogen (secondary N) is 1. The van der Waals surface area contributed by atoms with Gasteiger partial charge >= 0.3 is 0 Å². The maximum Gasteiger partial charge on any atom is 0.234 e. The number of primary amides is 1. The number of aryl methyl sites for hydroxylation is 3. The van der Waals surface area contributed by atoms with Gasteiger partial charge in [-0.1, -0.05) is 6.92 Å². The van der Waals surface area contributed by atoms with Gasteiger partial charge in [0, 0.05) is 12.2 Å². The maximum absolute atomic E-state index is 11.2. The van der Waals surface area contributed by atoms with Crippen molar-refractivity contribution in [2.75, 3.05) is 6.54 Å². The Hall–Kier alpha value is -1.36. The molecule has 17 heavy (non-hydrogen) atoms. The highest BCUT2D eigenvalue weighted by Crippen LogP contribution is 2.04. The standard InChI is InChI=1S/C12H22N4O/c1-4-6-14-11(12(13)17)5-7-16-10(3)8-9(2)15-16/h8,11,14H,4-7H2,1-3H3,(H2,13,17). The van der Waals surface area contributed by atoms with Crippen molar-refractivity contribution >= 4 is 5.91 Å². The van der Waals surface area contributed by atoms with Crippen LogP contribution in [0.5, 0.6) is 0 Å². The molecule has 0 radical (unpaired) electrons. The van der Waals surface area contributed by atoms with Crippen LogP contribution in [0.1, 0.15) is 31.2 Å². The Labute approximate surface area is 102 Å². The summed E-state index contributed by atoms with van der Waals surface area (Å²) in [5, 5.41) is 7.51. The summed E-state index contributed by atoms with van der Waals surface area (Å²) < 4.78 is 1.92. The number of nitrogens with zero attached hydrogens (tertiary/aromatic N) is 2. The summed E-state index contributed by atoms with van der Waals surface area (Å²) in [6.45, 7) is 7.56. The Morgan fingerprint density at radius 3 is 2.76 bits per heavy atom. The molecule has 1 rings (SSSR count). The van der Waals surface area contributed by atoms with E-state index in [1.165, 1.54) is 0 Å². The molecule has 1 unspecified atom stereocenters. The lowest BCUT2D eigenvalue weighted by atomic mass is 10.2. The fourth-order valence-electron chi connectivity index (χ4n) is 1.82. The Bertz CT molecular complexity index is 373. The topological polar surface area (TPSA) is 72.9 Å². The third kappa shape index (κ3) is 4.19. The number of rotatable bonds is 7. The van der Waals surface area contributed by atoms with Gasteiger partial charge in [0.1, 0.15) is 0 Å². The second-order valence-electron chi connectivity index (χ2n) is 4.35. The second kappa shape index (κ2) is 6.39. The number of hydrogen-bond donors (Lipinski definition) is 2. The third-order valence-corrected chi connectivity index (χ3v) is 2.72. The number of aromatic nitrogens is 2. The highest BCUT2D eigenvalue weighted by molar-refractivity contribution is 5.79. The van der Waals surface area contributed by atoms with Crippen LogP contribution in [-0.4, -0.2) is 28.3 Å². The monoisotopic (exact) mass is 238 g/mol. The molecule has 0 bridgehead atoms. The molecule has 1 aromatic heterocycles. The summed E-state index contributed by atoms with van der Waals surface area (Å²) in [6.07, 6.45) is 1.67.